The number of hydrogen-bond acceptors (Lipinski definition) is 4. The zero-order chi connectivity index (χ0) is 16.8. The minimum absolute atomic E-state index is 0.115. The largest absolute Gasteiger partial charge is 0.383 e. The van der Waals surface area contributed by atoms with E-state index in [1.807, 2.05) is 0 Å². The van der Waals surface area contributed by atoms with Crippen LogP contribution in [0.2, 0.25) is 0 Å². The fourth-order valence-corrected chi connectivity index (χ4v) is 2.04. The maximum atomic E-state index is 13.2. The highest BCUT2D eigenvalue weighted by Gasteiger charge is 2.14. The summed E-state index contributed by atoms with van der Waals surface area (Å²) in [6.45, 7) is 2.32. The summed E-state index contributed by atoms with van der Waals surface area (Å²) < 4.78 is 19.3. The standard InChI is InChI=1S/C16H18FN3O3/c1-11(12-4-3-5-13(17)10-12)18-16(22)14-6-7-15(21)20(19-14)8-9-23-2/h3-7,10-11H,8-9H2,1-2H3,(H,18,22). The molecular weight excluding hydrogens is 301 g/mol. The number of carbonyl (C=O) groups is 1. The van der Waals surface area contributed by atoms with Gasteiger partial charge >= 0.3 is 0 Å². The lowest BCUT2D eigenvalue weighted by Gasteiger charge is -2.14. The molecule has 1 amide bonds. The predicted molar refractivity (Wildman–Crippen MR) is 82.7 cm³/mol. The molecule has 0 aliphatic carbocycles. The smallest absolute Gasteiger partial charge is 0.272 e. The molecular formula is C16H18FN3O3. The zero-order valence-corrected chi connectivity index (χ0v) is 13.0. The Morgan fingerprint density at radius 1 is 1.39 bits per heavy atom. The molecule has 0 aliphatic rings. The molecule has 0 spiro atoms. The summed E-state index contributed by atoms with van der Waals surface area (Å²) in [5.41, 5.74) is 0.451. The van der Waals surface area contributed by atoms with Crippen LogP contribution in [0.5, 0.6) is 0 Å². The van der Waals surface area contributed by atoms with Gasteiger partial charge in [-0.05, 0) is 30.7 Å². The number of amides is 1. The number of hydrogen-bond donors (Lipinski definition) is 1. The van der Waals surface area contributed by atoms with Gasteiger partial charge < -0.3 is 10.1 Å². The highest BCUT2D eigenvalue weighted by atomic mass is 19.1. The SMILES string of the molecule is COCCn1nc(C(=O)NC(C)c2cccc(F)c2)ccc1=O. The molecule has 6 nitrogen and oxygen atoms in total. The monoisotopic (exact) mass is 319 g/mol. The lowest BCUT2D eigenvalue weighted by Crippen LogP contribution is -2.31. The predicted octanol–water partition coefficient (Wildman–Crippen LogP) is 1.52. The highest BCUT2D eigenvalue weighted by molar-refractivity contribution is 5.92. The van der Waals surface area contributed by atoms with Crippen LogP contribution in [0.4, 0.5) is 4.39 Å². The summed E-state index contributed by atoms with van der Waals surface area (Å²) in [4.78, 5) is 23.9. The van der Waals surface area contributed by atoms with Crippen LogP contribution in [-0.4, -0.2) is 29.4 Å². The molecule has 0 radical (unpaired) electrons. The van der Waals surface area contributed by atoms with Crippen molar-refractivity contribution in [2.75, 3.05) is 13.7 Å². The average Bonchev–Trinajstić information content (AvgIpc) is 2.54. The molecule has 1 aromatic carbocycles. The Labute approximate surface area is 132 Å². The average molecular weight is 319 g/mol. The summed E-state index contributed by atoms with van der Waals surface area (Å²) in [5, 5.41) is 6.74. The van der Waals surface area contributed by atoms with E-state index in [9.17, 15) is 14.0 Å². The first-order valence-electron chi connectivity index (χ1n) is 7.14. The molecule has 7 heteroatoms. The number of ether oxygens (including phenoxy) is 1. The zero-order valence-electron chi connectivity index (χ0n) is 13.0. The minimum Gasteiger partial charge on any atom is -0.383 e. The summed E-state index contributed by atoms with van der Waals surface area (Å²) in [6.07, 6.45) is 0. The van der Waals surface area contributed by atoms with E-state index in [2.05, 4.69) is 10.4 Å². The van der Waals surface area contributed by atoms with Gasteiger partial charge in [0.05, 0.1) is 19.2 Å². The Kier molecular flexibility index (Phi) is 5.59. The molecule has 122 valence electrons. The lowest BCUT2D eigenvalue weighted by atomic mass is 10.1. The molecule has 1 aromatic heterocycles. The van der Waals surface area contributed by atoms with Gasteiger partial charge in [0.2, 0.25) is 0 Å². The van der Waals surface area contributed by atoms with Crippen LogP contribution in [-0.2, 0) is 11.3 Å². The van der Waals surface area contributed by atoms with Gasteiger partial charge in [0.1, 0.15) is 11.5 Å². The third-order valence-electron chi connectivity index (χ3n) is 3.30. The number of rotatable bonds is 6. The molecule has 2 rings (SSSR count). The third-order valence-corrected chi connectivity index (χ3v) is 3.30. The van der Waals surface area contributed by atoms with Gasteiger partial charge in [-0.2, -0.15) is 5.10 Å². The van der Waals surface area contributed by atoms with Crippen molar-refractivity contribution in [1.82, 2.24) is 15.1 Å². The topological polar surface area (TPSA) is 73.2 Å². The van der Waals surface area contributed by atoms with Crippen LogP contribution in [0.3, 0.4) is 0 Å². The van der Waals surface area contributed by atoms with E-state index in [0.29, 0.717) is 12.2 Å². The van der Waals surface area contributed by atoms with Crippen molar-refractivity contribution in [2.24, 2.45) is 0 Å². The van der Waals surface area contributed by atoms with Crippen molar-refractivity contribution in [3.63, 3.8) is 0 Å². The molecule has 0 saturated carbocycles. The first-order chi connectivity index (χ1) is 11.0. The first kappa shape index (κ1) is 16.8. The Balaban J connectivity index is 2.12. The quantitative estimate of drug-likeness (QED) is 0.876. The summed E-state index contributed by atoms with van der Waals surface area (Å²) in [7, 11) is 1.52. The van der Waals surface area contributed by atoms with Gasteiger partial charge in [0.25, 0.3) is 11.5 Å². The molecule has 1 atom stereocenters. The van der Waals surface area contributed by atoms with Crippen molar-refractivity contribution in [1.29, 1.82) is 0 Å². The Morgan fingerprint density at radius 2 is 2.17 bits per heavy atom. The van der Waals surface area contributed by atoms with Crippen LogP contribution in [0.15, 0.2) is 41.2 Å². The van der Waals surface area contributed by atoms with Crippen LogP contribution in [0.25, 0.3) is 0 Å². The number of carbonyl (C=O) groups excluding carboxylic acids is 1. The van der Waals surface area contributed by atoms with E-state index in [1.165, 1.54) is 36.1 Å². The fraction of sp³-hybridized carbons (Fsp3) is 0.312. The van der Waals surface area contributed by atoms with Gasteiger partial charge in [-0.3, -0.25) is 9.59 Å². The molecule has 1 N–H and O–H groups in total. The van der Waals surface area contributed by atoms with Crippen molar-refractivity contribution in [2.45, 2.75) is 19.5 Å². The molecule has 1 heterocycles. The van der Waals surface area contributed by atoms with E-state index in [1.54, 1.807) is 19.1 Å². The summed E-state index contributed by atoms with van der Waals surface area (Å²) in [5.74, 6) is -0.803. The van der Waals surface area contributed by atoms with Gasteiger partial charge in [-0.1, -0.05) is 12.1 Å². The maximum Gasteiger partial charge on any atom is 0.272 e. The molecule has 1 unspecified atom stereocenters. The molecule has 0 bridgehead atoms. The van der Waals surface area contributed by atoms with E-state index in [0.717, 1.165) is 0 Å². The molecule has 0 saturated heterocycles. The number of methoxy groups -OCH3 is 1. The van der Waals surface area contributed by atoms with E-state index in [-0.39, 0.29) is 29.7 Å². The van der Waals surface area contributed by atoms with Crippen LogP contribution in [0.1, 0.15) is 29.0 Å². The molecule has 2 aromatic rings. The minimum atomic E-state index is -0.437. The van der Waals surface area contributed by atoms with Crippen molar-refractivity contribution >= 4 is 5.91 Å². The number of benzene rings is 1. The number of nitrogens with one attached hydrogen (secondary N) is 1. The molecule has 0 fully saturated rings. The second kappa shape index (κ2) is 7.64. The second-order valence-electron chi connectivity index (χ2n) is 5.02. The molecule has 0 aliphatic heterocycles. The van der Waals surface area contributed by atoms with Crippen LogP contribution in [0, 0.1) is 5.82 Å². The second-order valence-corrected chi connectivity index (χ2v) is 5.02. The van der Waals surface area contributed by atoms with Gasteiger partial charge in [0, 0.05) is 13.2 Å². The van der Waals surface area contributed by atoms with Gasteiger partial charge in [-0.15, -0.1) is 0 Å². The van der Waals surface area contributed by atoms with E-state index >= 15 is 0 Å². The Morgan fingerprint density at radius 3 is 2.87 bits per heavy atom. The Bertz CT molecular complexity index is 745. The Hall–Kier alpha value is -2.54. The van der Waals surface area contributed by atoms with Gasteiger partial charge in [-0.25, -0.2) is 9.07 Å². The number of halogens is 1. The van der Waals surface area contributed by atoms with Crippen molar-refractivity contribution in [3.05, 3.63) is 63.8 Å². The number of nitrogens with zero attached hydrogens (tertiary/aromatic N) is 2. The van der Waals surface area contributed by atoms with Crippen molar-refractivity contribution in [3.8, 4) is 0 Å². The van der Waals surface area contributed by atoms with Crippen molar-refractivity contribution < 1.29 is 13.9 Å². The van der Waals surface area contributed by atoms with Crippen LogP contribution >= 0.6 is 0 Å². The fourth-order valence-electron chi connectivity index (χ4n) is 2.04. The summed E-state index contributed by atoms with van der Waals surface area (Å²) in [6, 6.07) is 8.25. The van der Waals surface area contributed by atoms with Gasteiger partial charge in [0.15, 0.2) is 0 Å². The first-order valence-corrected chi connectivity index (χ1v) is 7.14. The number of aromatic nitrogens is 2. The normalized spacial score (nSPS) is 12.0. The third kappa shape index (κ3) is 4.46. The van der Waals surface area contributed by atoms with E-state index < -0.39 is 5.91 Å². The molecule has 23 heavy (non-hydrogen) atoms. The highest BCUT2D eigenvalue weighted by Crippen LogP contribution is 2.13. The summed E-state index contributed by atoms with van der Waals surface area (Å²) >= 11 is 0. The van der Waals surface area contributed by atoms with E-state index in [4.69, 9.17) is 4.74 Å². The lowest BCUT2D eigenvalue weighted by molar-refractivity contribution is 0.0931. The van der Waals surface area contributed by atoms with Crippen LogP contribution < -0.4 is 10.9 Å². The maximum absolute atomic E-state index is 13.2.